The maximum Gasteiger partial charge on any atom is 0.254 e. The van der Waals surface area contributed by atoms with Crippen LogP contribution in [0.1, 0.15) is 30.7 Å². The lowest BCUT2D eigenvalue weighted by Crippen LogP contribution is -2.35. The van der Waals surface area contributed by atoms with Gasteiger partial charge in [0, 0.05) is 30.8 Å². The molecule has 152 valence electrons. The van der Waals surface area contributed by atoms with Gasteiger partial charge in [-0.1, -0.05) is 18.2 Å². The number of hydrogen-bond acceptors (Lipinski definition) is 6. The number of rotatable bonds is 7. The van der Waals surface area contributed by atoms with Crippen molar-refractivity contribution in [3.8, 4) is 22.2 Å². The lowest BCUT2D eigenvalue weighted by molar-refractivity contribution is 0.231. The third-order valence-corrected chi connectivity index (χ3v) is 5.83. The van der Waals surface area contributed by atoms with Crippen molar-refractivity contribution >= 4 is 11.3 Å². The van der Waals surface area contributed by atoms with E-state index in [9.17, 15) is 4.79 Å². The van der Waals surface area contributed by atoms with Crippen LogP contribution >= 0.6 is 11.3 Å². The van der Waals surface area contributed by atoms with E-state index in [4.69, 9.17) is 14.5 Å². The Morgan fingerprint density at radius 3 is 2.79 bits per heavy atom. The molecule has 1 aliphatic heterocycles. The van der Waals surface area contributed by atoms with E-state index in [2.05, 4.69) is 16.0 Å². The molecule has 0 radical (unpaired) electrons. The van der Waals surface area contributed by atoms with Crippen LogP contribution in [0.4, 0.5) is 0 Å². The molecule has 3 heterocycles. The lowest BCUT2D eigenvalue weighted by atomic mass is 10.0. The Bertz CT molecular complexity index is 1030. The van der Waals surface area contributed by atoms with Gasteiger partial charge in [-0.15, -0.1) is 11.3 Å². The van der Waals surface area contributed by atoms with E-state index < -0.39 is 0 Å². The molecule has 0 unspecified atom stereocenters. The highest BCUT2D eigenvalue weighted by Crippen LogP contribution is 2.33. The number of thiophene rings is 1. The monoisotopic (exact) mass is 411 g/mol. The Morgan fingerprint density at radius 1 is 1.17 bits per heavy atom. The summed E-state index contributed by atoms with van der Waals surface area (Å²) >= 11 is 1.58. The van der Waals surface area contributed by atoms with Crippen LogP contribution in [0.2, 0.25) is 0 Å². The van der Waals surface area contributed by atoms with Crippen molar-refractivity contribution in [2.75, 3.05) is 19.8 Å². The van der Waals surface area contributed by atoms with Crippen molar-refractivity contribution in [2.24, 2.45) is 0 Å². The number of nitrogens with one attached hydrogen (secondary N) is 1. The van der Waals surface area contributed by atoms with Gasteiger partial charge in [-0.2, -0.15) is 0 Å². The summed E-state index contributed by atoms with van der Waals surface area (Å²) in [6, 6.07) is 9.96. The van der Waals surface area contributed by atoms with Crippen LogP contribution < -0.4 is 15.0 Å². The molecule has 0 saturated heterocycles. The lowest BCUT2D eigenvalue weighted by Gasteiger charge is -2.28. The van der Waals surface area contributed by atoms with Gasteiger partial charge in [0.2, 0.25) is 0 Å². The molecule has 7 heteroatoms. The van der Waals surface area contributed by atoms with Crippen molar-refractivity contribution in [1.82, 2.24) is 14.9 Å². The summed E-state index contributed by atoms with van der Waals surface area (Å²) in [7, 11) is 0. The Labute approximate surface area is 174 Å². The highest BCUT2D eigenvalue weighted by molar-refractivity contribution is 7.13. The SMILES string of the molecule is CCOc1cccc(CN2CCc3c(nc(-c4cccs4)[nH]c3=O)C2)c1OCC. The molecule has 0 saturated carbocycles. The zero-order valence-electron chi connectivity index (χ0n) is 16.7. The average molecular weight is 412 g/mol. The van der Waals surface area contributed by atoms with Gasteiger partial charge in [0.1, 0.15) is 0 Å². The molecule has 4 rings (SSSR count). The fourth-order valence-electron chi connectivity index (χ4n) is 3.66. The first-order chi connectivity index (χ1) is 14.2. The van der Waals surface area contributed by atoms with Gasteiger partial charge in [-0.25, -0.2) is 4.98 Å². The predicted molar refractivity (Wildman–Crippen MR) is 115 cm³/mol. The van der Waals surface area contributed by atoms with Crippen LogP contribution in [0.15, 0.2) is 40.5 Å². The molecule has 6 nitrogen and oxygen atoms in total. The number of H-pyrrole nitrogens is 1. The maximum atomic E-state index is 12.6. The number of aromatic amines is 1. The molecule has 2 aromatic heterocycles. The van der Waals surface area contributed by atoms with Gasteiger partial charge in [0.15, 0.2) is 17.3 Å². The molecule has 0 spiro atoms. The summed E-state index contributed by atoms with van der Waals surface area (Å²) in [5, 5.41) is 1.99. The minimum Gasteiger partial charge on any atom is -0.490 e. The number of hydrogen-bond donors (Lipinski definition) is 1. The number of benzene rings is 1. The Kier molecular flexibility index (Phi) is 5.97. The second-order valence-electron chi connectivity index (χ2n) is 6.89. The molecule has 0 amide bonds. The minimum atomic E-state index is -0.0219. The van der Waals surface area contributed by atoms with Gasteiger partial charge in [0.25, 0.3) is 5.56 Å². The number of para-hydroxylation sites is 1. The first kappa shape index (κ1) is 19.7. The van der Waals surface area contributed by atoms with E-state index in [1.165, 1.54) is 0 Å². The molecule has 0 fully saturated rings. The minimum absolute atomic E-state index is 0.0219. The van der Waals surface area contributed by atoms with Crippen LogP contribution in [-0.2, 0) is 19.5 Å². The van der Waals surface area contributed by atoms with Crippen LogP contribution in [0, 0.1) is 0 Å². The number of nitrogens with zero attached hydrogens (tertiary/aromatic N) is 2. The molecule has 1 aromatic carbocycles. The molecule has 0 atom stereocenters. The van der Waals surface area contributed by atoms with Crippen molar-refractivity contribution in [2.45, 2.75) is 33.4 Å². The number of fused-ring (bicyclic) bond motifs is 1. The smallest absolute Gasteiger partial charge is 0.254 e. The summed E-state index contributed by atoms with van der Waals surface area (Å²) in [6.07, 6.45) is 0.692. The Morgan fingerprint density at radius 2 is 2.03 bits per heavy atom. The van der Waals surface area contributed by atoms with E-state index in [1.807, 2.05) is 43.5 Å². The first-order valence-corrected chi connectivity index (χ1v) is 10.8. The van der Waals surface area contributed by atoms with E-state index in [0.29, 0.717) is 32.0 Å². The molecule has 0 aliphatic carbocycles. The van der Waals surface area contributed by atoms with E-state index in [1.54, 1.807) is 11.3 Å². The molecule has 1 N–H and O–H groups in total. The van der Waals surface area contributed by atoms with Gasteiger partial charge in [-0.3, -0.25) is 9.69 Å². The van der Waals surface area contributed by atoms with Gasteiger partial charge < -0.3 is 14.5 Å². The molecular formula is C22H25N3O3S. The summed E-state index contributed by atoms with van der Waals surface area (Å²) in [6.45, 7) is 7.30. The van der Waals surface area contributed by atoms with E-state index >= 15 is 0 Å². The summed E-state index contributed by atoms with van der Waals surface area (Å²) < 4.78 is 11.6. The molecule has 29 heavy (non-hydrogen) atoms. The first-order valence-electron chi connectivity index (χ1n) is 9.95. The van der Waals surface area contributed by atoms with Crippen molar-refractivity contribution in [3.63, 3.8) is 0 Å². The third-order valence-electron chi connectivity index (χ3n) is 4.95. The Hall–Kier alpha value is -2.64. The number of aromatic nitrogens is 2. The van der Waals surface area contributed by atoms with E-state index in [0.717, 1.165) is 46.3 Å². The molecule has 0 bridgehead atoms. The van der Waals surface area contributed by atoms with Gasteiger partial charge in [-0.05, 0) is 37.8 Å². The quantitative estimate of drug-likeness (QED) is 0.640. The van der Waals surface area contributed by atoms with Crippen molar-refractivity contribution in [1.29, 1.82) is 0 Å². The van der Waals surface area contributed by atoms with Crippen molar-refractivity contribution < 1.29 is 9.47 Å². The summed E-state index contributed by atoms with van der Waals surface area (Å²) in [5.74, 6) is 2.23. The van der Waals surface area contributed by atoms with Crippen LogP contribution in [0.5, 0.6) is 11.5 Å². The van der Waals surface area contributed by atoms with Crippen LogP contribution in [0.25, 0.3) is 10.7 Å². The zero-order valence-corrected chi connectivity index (χ0v) is 17.6. The predicted octanol–water partition coefficient (Wildman–Crippen LogP) is 3.85. The Balaban J connectivity index is 1.59. The van der Waals surface area contributed by atoms with Crippen LogP contribution in [0.3, 0.4) is 0 Å². The van der Waals surface area contributed by atoms with Crippen LogP contribution in [-0.4, -0.2) is 34.6 Å². The largest absolute Gasteiger partial charge is 0.490 e. The molecular weight excluding hydrogens is 386 g/mol. The normalized spacial score (nSPS) is 13.9. The topological polar surface area (TPSA) is 67.5 Å². The second kappa shape index (κ2) is 8.80. The van der Waals surface area contributed by atoms with E-state index in [-0.39, 0.29) is 5.56 Å². The third kappa shape index (κ3) is 4.21. The zero-order chi connectivity index (χ0) is 20.2. The summed E-state index contributed by atoms with van der Waals surface area (Å²) in [5.41, 5.74) is 2.73. The fourth-order valence-corrected chi connectivity index (χ4v) is 4.33. The molecule has 3 aromatic rings. The average Bonchev–Trinajstić information content (AvgIpc) is 3.25. The highest BCUT2D eigenvalue weighted by atomic mass is 32.1. The van der Waals surface area contributed by atoms with Crippen molar-refractivity contribution in [3.05, 3.63) is 62.9 Å². The van der Waals surface area contributed by atoms with Gasteiger partial charge >= 0.3 is 0 Å². The molecule has 1 aliphatic rings. The second-order valence-corrected chi connectivity index (χ2v) is 7.84. The maximum absolute atomic E-state index is 12.6. The van der Waals surface area contributed by atoms with Gasteiger partial charge in [0.05, 0.1) is 23.8 Å². The number of ether oxygens (including phenoxy) is 2. The highest BCUT2D eigenvalue weighted by Gasteiger charge is 2.23. The summed E-state index contributed by atoms with van der Waals surface area (Å²) in [4.78, 5) is 23.5. The standard InChI is InChI=1S/C22H25N3O3S/c1-3-27-18-8-5-7-15(20(18)28-4-2)13-25-11-10-16-17(14-25)23-21(24-22(16)26)19-9-6-12-29-19/h5-9,12H,3-4,10-11,13-14H2,1-2H3,(H,23,24,26). The fraction of sp³-hybridized carbons (Fsp3) is 0.364.